The number of ether oxygens (including phenoxy) is 4. The first-order chi connectivity index (χ1) is 23.3. The molecule has 0 aliphatic carbocycles. The first-order valence-corrected chi connectivity index (χ1v) is 18.0. The number of allylic oxidation sites excluding steroid dienone is 2. The smallest absolute Gasteiger partial charge is 0.174 e. The summed E-state index contributed by atoms with van der Waals surface area (Å²) in [5.41, 5.74) is 3.58. The van der Waals surface area contributed by atoms with Crippen LogP contribution in [-0.2, 0) is 6.42 Å². The predicted molar refractivity (Wildman–Crippen MR) is 192 cm³/mol. The Bertz CT molecular complexity index is 1340. The van der Waals surface area contributed by atoms with Crippen LogP contribution in [0.5, 0.6) is 23.0 Å². The molecule has 5 rings (SSSR count). The Hall–Kier alpha value is -3.11. The summed E-state index contributed by atoms with van der Waals surface area (Å²) in [6.07, 6.45) is 6.86. The van der Waals surface area contributed by atoms with E-state index in [0.717, 1.165) is 114 Å². The van der Waals surface area contributed by atoms with E-state index in [1.165, 1.54) is 5.57 Å². The van der Waals surface area contributed by atoms with E-state index in [4.69, 9.17) is 18.9 Å². The van der Waals surface area contributed by atoms with Crippen LogP contribution in [-0.4, -0.2) is 125 Å². The Morgan fingerprint density at radius 3 is 1.96 bits per heavy atom. The van der Waals surface area contributed by atoms with E-state index in [-0.39, 0.29) is 12.2 Å². The second kappa shape index (κ2) is 18.0. The minimum atomic E-state index is -0.392. The molecule has 0 amide bonds. The van der Waals surface area contributed by atoms with E-state index in [1.54, 1.807) is 7.11 Å². The van der Waals surface area contributed by atoms with Crippen molar-refractivity contribution in [1.82, 2.24) is 19.6 Å². The van der Waals surface area contributed by atoms with Crippen molar-refractivity contribution in [1.29, 1.82) is 0 Å². The summed E-state index contributed by atoms with van der Waals surface area (Å²) in [5.74, 6) is 2.69. The van der Waals surface area contributed by atoms with E-state index < -0.39 is 6.10 Å². The average Bonchev–Trinajstić information content (AvgIpc) is 3.08. The minimum Gasteiger partial charge on any atom is -0.496 e. The number of methoxy groups -OCH3 is 1. The fourth-order valence-electron chi connectivity index (χ4n) is 6.65. The van der Waals surface area contributed by atoms with Gasteiger partial charge in [-0.25, -0.2) is 0 Å². The molecule has 0 radical (unpaired) electrons. The van der Waals surface area contributed by atoms with Gasteiger partial charge in [0.1, 0.15) is 34.7 Å². The van der Waals surface area contributed by atoms with Gasteiger partial charge in [0.05, 0.1) is 26.7 Å². The van der Waals surface area contributed by atoms with Crippen LogP contribution in [0.25, 0.3) is 0 Å². The van der Waals surface area contributed by atoms with Crippen LogP contribution in [0.4, 0.5) is 0 Å². The molecule has 2 aromatic carbocycles. The van der Waals surface area contributed by atoms with Crippen LogP contribution in [0.1, 0.15) is 73.5 Å². The third kappa shape index (κ3) is 10.2. The fraction of sp³-hybridized carbons (Fsp3) is 0.615. The Morgan fingerprint density at radius 1 is 0.812 bits per heavy atom. The molecule has 0 bridgehead atoms. The number of unbranched alkanes of at least 4 members (excludes halogenated alkanes) is 2. The van der Waals surface area contributed by atoms with Gasteiger partial charge in [0.15, 0.2) is 5.78 Å². The van der Waals surface area contributed by atoms with E-state index in [2.05, 4.69) is 53.6 Å². The Labute approximate surface area is 288 Å². The molecule has 48 heavy (non-hydrogen) atoms. The highest BCUT2D eigenvalue weighted by Gasteiger charge is 2.34. The Balaban J connectivity index is 1.20. The number of likely N-dealkylation sites (N-methyl/N-ethyl adjacent to an activating group) is 2. The maximum Gasteiger partial charge on any atom is 0.174 e. The number of benzene rings is 2. The van der Waals surface area contributed by atoms with Gasteiger partial charge in [-0.2, -0.15) is 0 Å². The average molecular weight is 663 g/mol. The minimum absolute atomic E-state index is 0.0240. The molecular formula is C39H58N4O5. The fourth-order valence-corrected chi connectivity index (χ4v) is 6.65. The maximum absolute atomic E-state index is 13.7. The van der Waals surface area contributed by atoms with Crippen molar-refractivity contribution in [3.63, 3.8) is 0 Å². The van der Waals surface area contributed by atoms with Gasteiger partial charge in [-0.05, 0) is 90.8 Å². The number of Topliss-reactive ketones (excluding diaryl/α,β-unsaturated/α-hetero) is 1. The summed E-state index contributed by atoms with van der Waals surface area (Å²) in [7, 11) is 5.99. The van der Waals surface area contributed by atoms with Gasteiger partial charge in [-0.1, -0.05) is 23.8 Å². The summed E-state index contributed by atoms with van der Waals surface area (Å²) < 4.78 is 24.9. The third-order valence-corrected chi connectivity index (χ3v) is 9.86. The number of ketones is 1. The van der Waals surface area contributed by atoms with E-state index >= 15 is 0 Å². The molecule has 0 N–H and O–H groups in total. The molecule has 9 nitrogen and oxygen atoms in total. The molecule has 2 saturated heterocycles. The molecule has 0 saturated carbocycles. The topological polar surface area (TPSA) is 67.0 Å². The highest BCUT2D eigenvalue weighted by molar-refractivity contribution is 6.03. The predicted octanol–water partition coefficient (Wildman–Crippen LogP) is 5.72. The van der Waals surface area contributed by atoms with Crippen LogP contribution in [0, 0.1) is 0 Å². The number of carbonyl (C=O) groups excluding carboxylic acids is 1. The van der Waals surface area contributed by atoms with E-state index in [0.29, 0.717) is 36.7 Å². The second-order valence-electron chi connectivity index (χ2n) is 13.9. The van der Waals surface area contributed by atoms with Gasteiger partial charge in [0, 0.05) is 64.0 Å². The first-order valence-electron chi connectivity index (χ1n) is 18.0. The molecular weight excluding hydrogens is 604 g/mol. The molecule has 2 fully saturated rings. The largest absolute Gasteiger partial charge is 0.496 e. The highest BCUT2D eigenvalue weighted by atomic mass is 16.5. The normalized spacial score (nSPS) is 19.4. The molecule has 3 heterocycles. The van der Waals surface area contributed by atoms with E-state index in [9.17, 15) is 4.79 Å². The van der Waals surface area contributed by atoms with Gasteiger partial charge < -0.3 is 38.5 Å². The number of rotatable bonds is 16. The highest BCUT2D eigenvalue weighted by Crippen LogP contribution is 2.46. The standard InChI is InChI=1S/C39H58N4O5/c1-30(2)10-15-33-36(47-27-9-7-17-43-24-20-41(4)21-25-43)29-37(45-5)38-34(44)28-35(48-39(33)38)31-11-13-32(14-12-31)46-26-8-6-16-42-22-18-40(3)19-23-42/h10-14,29,35H,6-9,15-28H2,1-5H3. The number of hydrogen-bond donors (Lipinski definition) is 0. The van der Waals surface area contributed by atoms with E-state index in [1.807, 2.05) is 30.3 Å². The van der Waals surface area contributed by atoms with Gasteiger partial charge in [0.25, 0.3) is 0 Å². The van der Waals surface area contributed by atoms with Gasteiger partial charge in [0.2, 0.25) is 0 Å². The number of nitrogens with zero attached hydrogens (tertiary/aromatic N) is 4. The lowest BCUT2D eigenvalue weighted by atomic mass is 9.92. The van der Waals surface area contributed by atoms with Crippen molar-refractivity contribution < 1.29 is 23.7 Å². The molecule has 9 heteroatoms. The lowest BCUT2D eigenvalue weighted by Crippen LogP contribution is -2.44. The monoisotopic (exact) mass is 662 g/mol. The van der Waals surface area contributed by atoms with Crippen LogP contribution in [0.2, 0.25) is 0 Å². The maximum atomic E-state index is 13.7. The molecule has 1 atom stereocenters. The number of fused-ring (bicyclic) bond motifs is 1. The zero-order valence-electron chi connectivity index (χ0n) is 30.1. The lowest BCUT2D eigenvalue weighted by molar-refractivity contribution is 0.0841. The van der Waals surface area contributed by atoms with Gasteiger partial charge >= 0.3 is 0 Å². The lowest BCUT2D eigenvalue weighted by Gasteiger charge is -2.32. The van der Waals surface area contributed by atoms with Crippen LogP contribution >= 0.6 is 0 Å². The summed E-state index contributed by atoms with van der Waals surface area (Å²) in [4.78, 5) is 23.5. The summed E-state index contributed by atoms with van der Waals surface area (Å²) in [6, 6.07) is 9.91. The molecule has 264 valence electrons. The molecule has 3 aliphatic heterocycles. The Morgan fingerprint density at radius 2 is 1.40 bits per heavy atom. The van der Waals surface area contributed by atoms with Gasteiger partial charge in [-0.15, -0.1) is 0 Å². The quantitative estimate of drug-likeness (QED) is 0.166. The van der Waals surface area contributed by atoms with Gasteiger partial charge in [-0.3, -0.25) is 4.79 Å². The SMILES string of the molecule is COc1cc(OCCCCN2CCN(C)CC2)c(CC=C(C)C)c2c1C(=O)CC(c1ccc(OCCCCN3CCN(C)CC3)cc1)O2. The third-order valence-electron chi connectivity index (χ3n) is 9.86. The number of hydrogen-bond acceptors (Lipinski definition) is 9. The van der Waals surface area contributed by atoms with Crippen LogP contribution in [0.3, 0.4) is 0 Å². The first kappa shape index (κ1) is 36.2. The summed E-state index contributed by atoms with van der Waals surface area (Å²) in [5, 5.41) is 0. The number of piperazine rings is 2. The van der Waals surface area contributed by atoms with Crippen molar-refractivity contribution >= 4 is 5.78 Å². The van der Waals surface area contributed by atoms with Crippen molar-refractivity contribution in [3.8, 4) is 23.0 Å². The molecule has 2 aromatic rings. The van der Waals surface area contributed by atoms with Crippen molar-refractivity contribution in [2.24, 2.45) is 0 Å². The van der Waals surface area contributed by atoms with Crippen LogP contribution in [0.15, 0.2) is 42.0 Å². The Kier molecular flexibility index (Phi) is 13.6. The van der Waals surface area contributed by atoms with Crippen molar-refractivity contribution in [2.75, 3.05) is 99.9 Å². The van der Waals surface area contributed by atoms with Crippen molar-refractivity contribution in [2.45, 2.75) is 58.5 Å². The molecule has 0 aromatic heterocycles. The van der Waals surface area contributed by atoms with Crippen molar-refractivity contribution in [3.05, 3.63) is 58.7 Å². The summed E-state index contributed by atoms with van der Waals surface area (Å²) in [6.45, 7) is 16.8. The molecule has 0 spiro atoms. The zero-order valence-corrected chi connectivity index (χ0v) is 30.1. The molecule has 1 unspecified atom stereocenters. The number of carbonyl (C=O) groups is 1. The zero-order chi connectivity index (χ0) is 33.9. The second-order valence-corrected chi connectivity index (χ2v) is 13.9. The van der Waals surface area contributed by atoms with Crippen LogP contribution < -0.4 is 18.9 Å². The molecule has 3 aliphatic rings. The summed E-state index contributed by atoms with van der Waals surface area (Å²) >= 11 is 0.